The highest BCUT2D eigenvalue weighted by Gasteiger charge is 2.19. The van der Waals surface area contributed by atoms with Crippen molar-refractivity contribution in [3.05, 3.63) is 32.5 Å². The van der Waals surface area contributed by atoms with Crippen LogP contribution in [0.2, 0.25) is 0 Å². The van der Waals surface area contributed by atoms with Gasteiger partial charge in [0.1, 0.15) is 6.20 Å². The Bertz CT molecular complexity index is 475. The molecule has 1 rings (SSSR count). The van der Waals surface area contributed by atoms with Crippen molar-refractivity contribution >= 4 is 17.2 Å². The summed E-state index contributed by atoms with van der Waals surface area (Å²) in [5.41, 5.74) is -1.36. The zero-order chi connectivity index (χ0) is 13.2. The lowest BCUT2D eigenvalue weighted by Crippen LogP contribution is -2.00. The average molecular weight is 201 g/mol. The van der Waals surface area contributed by atoms with Gasteiger partial charge in [0.25, 0.3) is 5.69 Å². The molecule has 0 radical (unpaired) electrons. The fourth-order valence-electron chi connectivity index (χ4n) is 0.778. The van der Waals surface area contributed by atoms with Gasteiger partial charge in [-0.1, -0.05) is 0 Å². The SMILES string of the molecule is [2H]C([2H])([2H])Nc1ncc([N+](=O)[O-])cc1[N+](=O)[O-]. The minimum absolute atomic E-state index is 0.541. The zero-order valence-corrected chi connectivity index (χ0v) is 6.63. The number of pyridine rings is 1. The van der Waals surface area contributed by atoms with Crippen molar-refractivity contribution in [2.24, 2.45) is 0 Å². The predicted molar refractivity (Wildman–Crippen MR) is 47.1 cm³/mol. The molecule has 0 saturated heterocycles. The van der Waals surface area contributed by atoms with Gasteiger partial charge in [-0.3, -0.25) is 20.2 Å². The Hall–Kier alpha value is -2.25. The minimum atomic E-state index is -2.67. The molecular formula is C6H6N4O4. The van der Waals surface area contributed by atoms with Crippen molar-refractivity contribution in [3.63, 3.8) is 0 Å². The van der Waals surface area contributed by atoms with Crippen molar-refractivity contribution < 1.29 is 14.0 Å². The first kappa shape index (κ1) is 6.24. The summed E-state index contributed by atoms with van der Waals surface area (Å²) >= 11 is 0. The van der Waals surface area contributed by atoms with Crippen LogP contribution in [0, 0.1) is 20.2 Å². The maximum Gasteiger partial charge on any atom is 0.318 e. The summed E-state index contributed by atoms with van der Waals surface area (Å²) in [6.45, 7) is -2.67. The van der Waals surface area contributed by atoms with E-state index in [1.54, 1.807) is 0 Å². The van der Waals surface area contributed by atoms with Crippen molar-refractivity contribution in [2.75, 3.05) is 12.3 Å². The summed E-state index contributed by atoms with van der Waals surface area (Å²) < 4.78 is 20.6. The topological polar surface area (TPSA) is 111 Å². The molecule has 0 amide bonds. The van der Waals surface area contributed by atoms with Crippen LogP contribution in [0.25, 0.3) is 0 Å². The lowest BCUT2D eigenvalue weighted by molar-refractivity contribution is -0.394. The van der Waals surface area contributed by atoms with Crippen molar-refractivity contribution in [3.8, 4) is 0 Å². The average Bonchev–Trinajstić information content (AvgIpc) is 2.14. The monoisotopic (exact) mass is 201 g/mol. The molecule has 14 heavy (non-hydrogen) atoms. The van der Waals surface area contributed by atoms with Gasteiger partial charge in [-0.15, -0.1) is 0 Å². The molecule has 1 N–H and O–H groups in total. The van der Waals surface area contributed by atoms with E-state index in [1.807, 2.05) is 5.32 Å². The van der Waals surface area contributed by atoms with Crippen LogP contribution in [0.3, 0.4) is 0 Å². The number of hydrogen-bond acceptors (Lipinski definition) is 6. The molecule has 1 aromatic heterocycles. The van der Waals surface area contributed by atoms with E-state index in [1.165, 1.54) is 0 Å². The molecule has 0 saturated carbocycles. The van der Waals surface area contributed by atoms with E-state index >= 15 is 0 Å². The highest BCUT2D eigenvalue weighted by atomic mass is 16.6. The molecule has 0 atom stereocenters. The molecule has 74 valence electrons. The Morgan fingerprint density at radius 2 is 2.21 bits per heavy atom. The Morgan fingerprint density at radius 1 is 1.50 bits per heavy atom. The van der Waals surface area contributed by atoms with E-state index in [0.29, 0.717) is 6.07 Å². The third kappa shape index (κ3) is 1.73. The van der Waals surface area contributed by atoms with E-state index in [0.717, 1.165) is 6.20 Å². The number of rotatable bonds is 3. The number of anilines is 1. The lowest BCUT2D eigenvalue weighted by Gasteiger charge is -1.99. The lowest BCUT2D eigenvalue weighted by atomic mass is 10.3. The van der Waals surface area contributed by atoms with Gasteiger partial charge >= 0.3 is 5.69 Å². The molecule has 0 aromatic carbocycles. The number of aromatic nitrogens is 1. The zero-order valence-electron chi connectivity index (χ0n) is 9.63. The predicted octanol–water partition coefficient (Wildman–Crippen LogP) is 0.940. The summed E-state index contributed by atoms with van der Waals surface area (Å²) in [5.74, 6) is -0.541. The summed E-state index contributed by atoms with van der Waals surface area (Å²) in [7, 11) is 0. The first-order valence-corrected chi connectivity index (χ1v) is 3.28. The first-order valence-electron chi connectivity index (χ1n) is 4.78. The van der Waals surface area contributed by atoms with Crippen molar-refractivity contribution in [1.29, 1.82) is 0 Å². The molecule has 8 nitrogen and oxygen atoms in total. The van der Waals surface area contributed by atoms with Gasteiger partial charge in [-0.05, 0) is 0 Å². The second-order valence-corrected chi connectivity index (χ2v) is 2.20. The standard InChI is InChI=1S/C6H6N4O4/c1-7-6-5(10(13)14)2-4(3-8-6)9(11)12/h2-3H,1H3,(H,7,8)/i1D3. The molecule has 0 aliphatic carbocycles. The molecule has 8 heteroatoms. The van der Waals surface area contributed by atoms with E-state index in [4.69, 9.17) is 4.11 Å². The minimum Gasteiger partial charge on any atom is -0.367 e. The Balaban J connectivity index is 3.23. The maximum absolute atomic E-state index is 10.6. The van der Waals surface area contributed by atoms with Crippen LogP contribution in [0.1, 0.15) is 4.11 Å². The van der Waals surface area contributed by atoms with E-state index in [9.17, 15) is 20.2 Å². The van der Waals surface area contributed by atoms with Gasteiger partial charge in [0.2, 0.25) is 5.82 Å². The van der Waals surface area contributed by atoms with E-state index < -0.39 is 34.0 Å². The number of nitrogens with zero attached hydrogens (tertiary/aromatic N) is 3. The first-order chi connectivity index (χ1) is 7.70. The highest BCUT2D eigenvalue weighted by molar-refractivity contribution is 5.58. The summed E-state index contributed by atoms with van der Waals surface area (Å²) in [6, 6.07) is 0.640. The van der Waals surface area contributed by atoms with Gasteiger partial charge < -0.3 is 5.32 Å². The van der Waals surface area contributed by atoms with Gasteiger partial charge in [0, 0.05) is 11.1 Å². The third-order valence-corrected chi connectivity index (χ3v) is 1.38. The largest absolute Gasteiger partial charge is 0.367 e. The van der Waals surface area contributed by atoms with E-state index in [2.05, 4.69) is 4.98 Å². The molecule has 1 aromatic rings. The van der Waals surface area contributed by atoms with Gasteiger partial charge in [0.15, 0.2) is 0 Å². The highest BCUT2D eigenvalue weighted by Crippen LogP contribution is 2.25. The van der Waals surface area contributed by atoms with Crippen LogP contribution in [0.5, 0.6) is 0 Å². The Kier molecular flexibility index (Phi) is 1.62. The second kappa shape index (κ2) is 3.64. The Morgan fingerprint density at radius 3 is 2.71 bits per heavy atom. The Labute approximate surface area is 82.1 Å². The fraction of sp³-hybridized carbons (Fsp3) is 0.167. The maximum atomic E-state index is 10.6. The molecule has 0 spiro atoms. The van der Waals surface area contributed by atoms with Crippen LogP contribution in [-0.2, 0) is 0 Å². The normalized spacial score (nSPS) is 13.6. The third-order valence-electron chi connectivity index (χ3n) is 1.38. The molecule has 0 fully saturated rings. The molecular weight excluding hydrogens is 192 g/mol. The number of nitro groups is 2. The van der Waals surface area contributed by atoms with Crippen LogP contribution in [0.4, 0.5) is 17.2 Å². The van der Waals surface area contributed by atoms with Crippen LogP contribution in [-0.4, -0.2) is 21.8 Å². The molecule has 0 bridgehead atoms. The quantitative estimate of drug-likeness (QED) is 0.575. The second-order valence-electron chi connectivity index (χ2n) is 2.20. The van der Waals surface area contributed by atoms with E-state index in [-0.39, 0.29) is 0 Å². The summed E-state index contributed by atoms with van der Waals surface area (Å²) in [4.78, 5) is 22.5. The molecule has 0 unspecified atom stereocenters. The molecule has 0 aliphatic rings. The van der Waals surface area contributed by atoms with Gasteiger partial charge in [-0.2, -0.15) is 0 Å². The summed E-state index contributed by atoms with van der Waals surface area (Å²) in [6.07, 6.45) is 0.737. The smallest absolute Gasteiger partial charge is 0.318 e. The fourth-order valence-corrected chi connectivity index (χ4v) is 0.778. The molecule has 1 heterocycles. The number of nitrogens with one attached hydrogen (secondary N) is 1. The van der Waals surface area contributed by atoms with Crippen LogP contribution >= 0.6 is 0 Å². The van der Waals surface area contributed by atoms with Crippen molar-refractivity contribution in [1.82, 2.24) is 4.98 Å². The van der Waals surface area contributed by atoms with Crippen molar-refractivity contribution in [2.45, 2.75) is 0 Å². The van der Waals surface area contributed by atoms with Gasteiger partial charge in [-0.25, -0.2) is 4.98 Å². The number of hydrogen-bond donors (Lipinski definition) is 1. The van der Waals surface area contributed by atoms with Crippen LogP contribution < -0.4 is 5.32 Å². The summed E-state index contributed by atoms with van der Waals surface area (Å²) in [5, 5.41) is 22.8. The van der Waals surface area contributed by atoms with Crippen LogP contribution in [0.15, 0.2) is 12.3 Å². The molecule has 0 aliphatic heterocycles. The van der Waals surface area contributed by atoms with Gasteiger partial charge in [0.05, 0.1) is 15.9 Å².